The number of aliphatic hydroxyl groups excluding tert-OH is 1. The lowest BCUT2D eigenvalue weighted by Gasteiger charge is -2.34. The molecular weight excluding hydrogens is 217 g/mol. The average molecular weight is 237 g/mol. The number of piperidine rings is 1. The average Bonchev–Trinajstić information content (AvgIpc) is 2.28. The zero-order chi connectivity index (χ0) is 12.4. The van der Waals surface area contributed by atoms with Gasteiger partial charge in [0.1, 0.15) is 5.82 Å². The molecule has 1 aliphatic rings. The number of aliphatic hydroxyl groups is 1. The van der Waals surface area contributed by atoms with Gasteiger partial charge in [-0.2, -0.15) is 0 Å². The molecule has 2 unspecified atom stereocenters. The van der Waals surface area contributed by atoms with Gasteiger partial charge in [0, 0.05) is 24.3 Å². The molecule has 1 aliphatic heterocycles. The molecule has 1 saturated heterocycles. The van der Waals surface area contributed by atoms with Gasteiger partial charge in [0.15, 0.2) is 0 Å². The van der Waals surface area contributed by atoms with E-state index in [1.165, 1.54) is 12.5 Å². The van der Waals surface area contributed by atoms with E-state index in [1.807, 2.05) is 6.07 Å². The highest BCUT2D eigenvalue weighted by Gasteiger charge is 2.22. The summed E-state index contributed by atoms with van der Waals surface area (Å²) in [5.74, 6) is 0.324. The van der Waals surface area contributed by atoms with Crippen LogP contribution in [0.25, 0.3) is 0 Å². The Kier molecular flexibility index (Phi) is 3.67. The molecule has 17 heavy (non-hydrogen) atoms. The highest BCUT2D eigenvalue weighted by molar-refractivity contribution is 5.55. The van der Waals surface area contributed by atoms with Crippen molar-refractivity contribution in [3.8, 4) is 0 Å². The Morgan fingerprint density at radius 1 is 1.47 bits per heavy atom. The molecule has 1 aromatic rings. The highest BCUT2D eigenvalue weighted by atomic mass is 19.1. The van der Waals surface area contributed by atoms with Crippen LogP contribution in [0.3, 0.4) is 0 Å². The highest BCUT2D eigenvalue weighted by Crippen LogP contribution is 2.31. The Morgan fingerprint density at radius 2 is 2.24 bits per heavy atom. The van der Waals surface area contributed by atoms with Crippen LogP contribution in [0.1, 0.15) is 38.4 Å². The fourth-order valence-corrected chi connectivity index (χ4v) is 2.62. The van der Waals surface area contributed by atoms with Crippen molar-refractivity contribution in [2.75, 3.05) is 18.0 Å². The van der Waals surface area contributed by atoms with Gasteiger partial charge in [-0.05, 0) is 37.8 Å². The second-order valence-electron chi connectivity index (χ2n) is 5.04. The maximum absolute atomic E-state index is 13.8. The van der Waals surface area contributed by atoms with Crippen molar-refractivity contribution < 1.29 is 9.50 Å². The summed E-state index contributed by atoms with van der Waals surface area (Å²) in [4.78, 5) is 2.19. The quantitative estimate of drug-likeness (QED) is 0.854. The zero-order valence-corrected chi connectivity index (χ0v) is 10.5. The first kappa shape index (κ1) is 12.4. The Bertz CT molecular complexity index is 392. The van der Waals surface area contributed by atoms with Crippen LogP contribution in [-0.4, -0.2) is 18.2 Å². The molecule has 3 heteroatoms. The molecule has 0 saturated carbocycles. The van der Waals surface area contributed by atoms with Crippen molar-refractivity contribution in [3.63, 3.8) is 0 Å². The zero-order valence-electron chi connectivity index (χ0n) is 10.5. The van der Waals surface area contributed by atoms with Gasteiger partial charge in [-0.15, -0.1) is 0 Å². The number of hydrogen-bond donors (Lipinski definition) is 1. The van der Waals surface area contributed by atoms with E-state index in [4.69, 9.17) is 0 Å². The molecule has 0 aromatic heterocycles. The van der Waals surface area contributed by atoms with Gasteiger partial charge < -0.3 is 10.0 Å². The third-order valence-corrected chi connectivity index (χ3v) is 3.45. The maximum atomic E-state index is 13.8. The molecule has 0 bridgehead atoms. The van der Waals surface area contributed by atoms with E-state index in [-0.39, 0.29) is 5.82 Å². The lowest BCUT2D eigenvalue weighted by Crippen LogP contribution is -2.35. The minimum absolute atomic E-state index is 0.310. The summed E-state index contributed by atoms with van der Waals surface area (Å²) in [5, 5.41) is 9.72. The molecule has 2 rings (SSSR count). The maximum Gasteiger partial charge on any atom is 0.131 e. The van der Waals surface area contributed by atoms with Gasteiger partial charge in [0.05, 0.1) is 6.10 Å². The molecule has 0 amide bonds. The standard InChI is InChI=1S/C14H20FNO/c1-10-5-4-8-16(9-10)13-7-3-6-12(15)14(13)11(2)17/h3,6-7,10-11,17H,4-5,8-9H2,1-2H3. The first-order valence-corrected chi connectivity index (χ1v) is 6.31. The molecule has 1 N–H and O–H groups in total. The first-order chi connectivity index (χ1) is 8.09. The largest absolute Gasteiger partial charge is 0.389 e. The molecule has 1 heterocycles. The summed E-state index contributed by atoms with van der Waals surface area (Å²) in [5.41, 5.74) is 1.29. The van der Waals surface area contributed by atoms with Crippen molar-refractivity contribution in [1.82, 2.24) is 0 Å². The summed E-state index contributed by atoms with van der Waals surface area (Å²) in [7, 11) is 0. The Labute approximate surface area is 102 Å². The molecule has 94 valence electrons. The van der Waals surface area contributed by atoms with Crippen LogP contribution in [0.15, 0.2) is 18.2 Å². The van der Waals surface area contributed by atoms with Gasteiger partial charge in [0.2, 0.25) is 0 Å². The Hall–Kier alpha value is -1.09. The van der Waals surface area contributed by atoms with Gasteiger partial charge >= 0.3 is 0 Å². The van der Waals surface area contributed by atoms with E-state index in [2.05, 4.69) is 11.8 Å². The molecule has 2 nitrogen and oxygen atoms in total. The minimum atomic E-state index is -0.761. The minimum Gasteiger partial charge on any atom is -0.389 e. The van der Waals surface area contributed by atoms with Crippen molar-refractivity contribution in [2.24, 2.45) is 5.92 Å². The predicted octanol–water partition coefficient (Wildman–Crippen LogP) is 3.12. The Balaban J connectivity index is 2.34. The molecule has 0 aliphatic carbocycles. The smallest absolute Gasteiger partial charge is 0.131 e. The van der Waals surface area contributed by atoms with Gasteiger partial charge in [-0.3, -0.25) is 0 Å². The molecular formula is C14H20FNO. The molecule has 2 atom stereocenters. The van der Waals surface area contributed by atoms with E-state index in [9.17, 15) is 9.50 Å². The van der Waals surface area contributed by atoms with Crippen molar-refractivity contribution in [2.45, 2.75) is 32.8 Å². The normalized spacial score (nSPS) is 22.6. The number of rotatable bonds is 2. The summed E-state index contributed by atoms with van der Waals surface area (Å²) < 4.78 is 13.8. The summed E-state index contributed by atoms with van der Waals surface area (Å²) in [6, 6.07) is 5.04. The molecule has 1 aromatic carbocycles. The van der Waals surface area contributed by atoms with Gasteiger partial charge in [-0.1, -0.05) is 13.0 Å². The van der Waals surface area contributed by atoms with E-state index >= 15 is 0 Å². The summed E-state index contributed by atoms with van der Waals surface area (Å²) >= 11 is 0. The molecule has 0 radical (unpaired) electrons. The topological polar surface area (TPSA) is 23.5 Å². The summed E-state index contributed by atoms with van der Waals surface area (Å²) in [6.45, 7) is 5.74. The number of nitrogens with zero attached hydrogens (tertiary/aromatic N) is 1. The van der Waals surface area contributed by atoms with Crippen LogP contribution in [0.4, 0.5) is 10.1 Å². The van der Waals surface area contributed by atoms with Gasteiger partial charge in [0.25, 0.3) is 0 Å². The number of benzene rings is 1. The second-order valence-corrected chi connectivity index (χ2v) is 5.04. The third kappa shape index (κ3) is 2.60. The van der Waals surface area contributed by atoms with E-state index < -0.39 is 6.10 Å². The van der Waals surface area contributed by atoms with Crippen molar-refractivity contribution in [3.05, 3.63) is 29.6 Å². The van der Waals surface area contributed by atoms with Gasteiger partial charge in [-0.25, -0.2) is 4.39 Å². The number of hydrogen-bond acceptors (Lipinski definition) is 2. The fourth-order valence-electron chi connectivity index (χ4n) is 2.62. The van der Waals surface area contributed by atoms with E-state index in [0.717, 1.165) is 25.2 Å². The summed E-state index contributed by atoms with van der Waals surface area (Å²) in [6.07, 6.45) is 1.61. The first-order valence-electron chi connectivity index (χ1n) is 6.31. The second kappa shape index (κ2) is 5.05. The van der Waals surface area contributed by atoms with Crippen LogP contribution in [0, 0.1) is 11.7 Å². The van der Waals surface area contributed by atoms with Crippen molar-refractivity contribution in [1.29, 1.82) is 0 Å². The monoisotopic (exact) mass is 237 g/mol. The lowest BCUT2D eigenvalue weighted by atomic mass is 9.98. The SMILES string of the molecule is CC1CCCN(c2cccc(F)c2C(C)O)C1. The van der Waals surface area contributed by atoms with Crippen LogP contribution in [0.5, 0.6) is 0 Å². The fraction of sp³-hybridized carbons (Fsp3) is 0.571. The number of anilines is 1. The van der Waals surface area contributed by atoms with Crippen LogP contribution < -0.4 is 4.90 Å². The van der Waals surface area contributed by atoms with E-state index in [1.54, 1.807) is 13.0 Å². The van der Waals surface area contributed by atoms with Crippen LogP contribution in [0.2, 0.25) is 0 Å². The number of halogens is 1. The Morgan fingerprint density at radius 3 is 2.88 bits per heavy atom. The lowest BCUT2D eigenvalue weighted by molar-refractivity contribution is 0.194. The molecule has 1 fully saturated rings. The van der Waals surface area contributed by atoms with Crippen molar-refractivity contribution >= 4 is 5.69 Å². The van der Waals surface area contributed by atoms with Crippen LogP contribution in [-0.2, 0) is 0 Å². The van der Waals surface area contributed by atoms with Crippen LogP contribution >= 0.6 is 0 Å². The molecule has 0 spiro atoms. The third-order valence-electron chi connectivity index (χ3n) is 3.45. The predicted molar refractivity (Wildman–Crippen MR) is 67.6 cm³/mol. The van der Waals surface area contributed by atoms with E-state index in [0.29, 0.717) is 11.5 Å².